The molecule has 0 saturated carbocycles. The van der Waals surface area contributed by atoms with Crippen molar-refractivity contribution >= 4 is 46.1 Å². The molecule has 13 heteroatoms. The van der Waals surface area contributed by atoms with Crippen LogP contribution in [0.1, 0.15) is 36.8 Å². The van der Waals surface area contributed by atoms with E-state index in [0.29, 0.717) is 22.6 Å². The molecule has 4 aromatic rings. The van der Waals surface area contributed by atoms with Gasteiger partial charge in [-0.25, -0.2) is 24.7 Å². The Morgan fingerprint density at radius 1 is 0.872 bits per heavy atom. The molecule has 0 radical (unpaired) electrons. The van der Waals surface area contributed by atoms with Gasteiger partial charge in [-0.1, -0.05) is 66.7 Å². The van der Waals surface area contributed by atoms with Crippen LogP contribution >= 0.6 is 11.8 Å². The van der Waals surface area contributed by atoms with Crippen LogP contribution in [-0.4, -0.2) is 51.6 Å². The summed E-state index contributed by atoms with van der Waals surface area (Å²) >= 11 is 0.838. The Labute approximate surface area is 275 Å². The van der Waals surface area contributed by atoms with E-state index in [2.05, 4.69) is 15.6 Å². The Kier molecular flexibility index (Phi) is 10.2. The van der Waals surface area contributed by atoms with E-state index < -0.39 is 17.8 Å². The monoisotopic (exact) mass is 647 g/mol. The zero-order chi connectivity index (χ0) is 33.3. The third kappa shape index (κ3) is 6.98. The van der Waals surface area contributed by atoms with E-state index in [1.165, 1.54) is 5.01 Å². The standard InChI is InChI=1S/C34H29N7O5S/c1-4-45-33(43)27-28(38-40(24-17-11-7-12-18-24)29(27)23-15-9-6-10-16-23)22(3)36-37-30(42)26(21-35)32-41(25-19-13-8-14-20-25)39-31(47-32)34(44)46-5-2/h6-20H,4-5H2,1-3H3,(H,37,42)/b32-26+,36-22+. The molecule has 47 heavy (non-hydrogen) atoms. The maximum Gasteiger partial charge on any atom is 0.365 e. The van der Waals surface area contributed by atoms with Crippen molar-refractivity contribution in [3.63, 3.8) is 0 Å². The smallest absolute Gasteiger partial charge is 0.365 e. The van der Waals surface area contributed by atoms with Crippen molar-refractivity contribution in [1.82, 2.24) is 15.2 Å². The fraction of sp³-hybridized carbons (Fsp3) is 0.147. The number of hydrogen-bond acceptors (Lipinski definition) is 11. The molecule has 0 spiro atoms. The minimum Gasteiger partial charge on any atom is -0.462 e. The van der Waals surface area contributed by atoms with Gasteiger partial charge in [-0.05, 0) is 56.8 Å². The van der Waals surface area contributed by atoms with Crippen molar-refractivity contribution in [1.29, 1.82) is 5.26 Å². The number of ether oxygens (including phenoxy) is 2. The number of carbonyl (C=O) groups is 3. The summed E-state index contributed by atoms with van der Waals surface area (Å²) in [5.74, 6) is -2.16. The molecular weight excluding hydrogens is 618 g/mol. The molecule has 0 saturated heterocycles. The molecule has 5 rings (SSSR count). The molecule has 0 aliphatic carbocycles. The average molecular weight is 648 g/mol. The van der Waals surface area contributed by atoms with Crippen LogP contribution in [0.3, 0.4) is 0 Å². The normalized spacial score (nSPS) is 13.8. The van der Waals surface area contributed by atoms with Crippen molar-refractivity contribution in [3.05, 3.63) is 113 Å². The van der Waals surface area contributed by atoms with Gasteiger partial charge in [0.1, 0.15) is 22.4 Å². The average Bonchev–Trinajstić information content (AvgIpc) is 3.73. The van der Waals surface area contributed by atoms with Crippen LogP contribution in [0.5, 0.6) is 0 Å². The van der Waals surface area contributed by atoms with Crippen LogP contribution in [0.4, 0.5) is 5.69 Å². The number of aromatic nitrogens is 2. The first kappa shape index (κ1) is 32.4. The SMILES string of the molecule is CCOC(=O)C1=NN(c2ccccc2)/C(=C(/C#N)C(=O)N/N=C(\C)c2nn(-c3ccccc3)c(-c3ccccc3)c2C(=O)OCC)S1. The number of rotatable bonds is 10. The number of esters is 2. The van der Waals surface area contributed by atoms with Crippen LogP contribution in [0.15, 0.2) is 112 Å². The van der Waals surface area contributed by atoms with E-state index in [1.54, 1.807) is 55.8 Å². The first-order valence-electron chi connectivity index (χ1n) is 14.6. The lowest BCUT2D eigenvalue weighted by atomic mass is 10.0. The summed E-state index contributed by atoms with van der Waals surface area (Å²) in [6.07, 6.45) is 0. The quantitative estimate of drug-likeness (QED) is 0.0782. The highest BCUT2D eigenvalue weighted by Crippen LogP contribution is 2.37. The molecule has 2 heterocycles. The molecule has 0 bridgehead atoms. The number of benzene rings is 3. The Balaban J connectivity index is 1.56. The van der Waals surface area contributed by atoms with Crippen LogP contribution < -0.4 is 10.4 Å². The first-order valence-corrected chi connectivity index (χ1v) is 15.4. The molecule has 1 aromatic heterocycles. The van der Waals surface area contributed by atoms with Crippen molar-refractivity contribution in [2.45, 2.75) is 20.8 Å². The van der Waals surface area contributed by atoms with E-state index >= 15 is 0 Å². The van der Waals surface area contributed by atoms with Gasteiger partial charge in [-0.15, -0.1) is 0 Å². The second-order valence-electron chi connectivity index (χ2n) is 9.71. The van der Waals surface area contributed by atoms with Gasteiger partial charge in [0.25, 0.3) is 5.91 Å². The highest BCUT2D eigenvalue weighted by atomic mass is 32.2. The lowest BCUT2D eigenvalue weighted by Gasteiger charge is -2.16. The van der Waals surface area contributed by atoms with Gasteiger partial charge in [0, 0.05) is 5.56 Å². The molecule has 1 aliphatic rings. The zero-order valence-corrected chi connectivity index (χ0v) is 26.5. The molecule has 1 N–H and O–H groups in total. The second-order valence-corrected chi connectivity index (χ2v) is 10.7. The summed E-state index contributed by atoms with van der Waals surface area (Å²) in [4.78, 5) is 39.5. The van der Waals surface area contributed by atoms with E-state index in [0.717, 1.165) is 11.8 Å². The molecule has 0 unspecified atom stereocenters. The number of amides is 1. The lowest BCUT2D eigenvalue weighted by Crippen LogP contribution is -2.24. The Hall–Kier alpha value is -6.00. The minimum absolute atomic E-state index is 0.0371. The third-order valence-corrected chi connectivity index (χ3v) is 7.67. The van der Waals surface area contributed by atoms with E-state index in [4.69, 9.17) is 14.6 Å². The zero-order valence-electron chi connectivity index (χ0n) is 25.7. The van der Waals surface area contributed by atoms with Crippen LogP contribution in [0.25, 0.3) is 16.9 Å². The van der Waals surface area contributed by atoms with E-state index in [-0.39, 0.29) is 45.8 Å². The maximum absolute atomic E-state index is 13.5. The lowest BCUT2D eigenvalue weighted by molar-refractivity contribution is -0.134. The molecule has 1 aliphatic heterocycles. The highest BCUT2D eigenvalue weighted by Gasteiger charge is 2.34. The van der Waals surface area contributed by atoms with Gasteiger partial charge in [0.2, 0.25) is 5.04 Å². The van der Waals surface area contributed by atoms with Gasteiger partial charge in [0.05, 0.1) is 36.0 Å². The second kappa shape index (κ2) is 14.9. The van der Waals surface area contributed by atoms with E-state index in [9.17, 15) is 19.6 Å². The van der Waals surface area contributed by atoms with Gasteiger partial charge >= 0.3 is 11.9 Å². The van der Waals surface area contributed by atoms with Crippen molar-refractivity contribution in [3.8, 4) is 23.0 Å². The number of carbonyl (C=O) groups excluding carboxylic acids is 3. The first-order chi connectivity index (χ1) is 22.9. The maximum atomic E-state index is 13.5. The van der Waals surface area contributed by atoms with Gasteiger partial charge < -0.3 is 9.47 Å². The summed E-state index contributed by atoms with van der Waals surface area (Å²) in [5.41, 5.74) is 4.99. The van der Waals surface area contributed by atoms with Gasteiger partial charge in [0.15, 0.2) is 5.57 Å². The number of nitriles is 1. The molecular formula is C34H29N7O5S. The summed E-state index contributed by atoms with van der Waals surface area (Å²) in [6.45, 7) is 5.20. The number of hydrogen-bond donors (Lipinski definition) is 1. The molecule has 236 valence electrons. The molecule has 0 atom stereocenters. The third-order valence-electron chi connectivity index (χ3n) is 6.66. The minimum atomic E-state index is -0.862. The van der Waals surface area contributed by atoms with E-state index in [1.807, 2.05) is 66.7 Å². The number of para-hydroxylation sites is 2. The summed E-state index contributed by atoms with van der Waals surface area (Å²) in [7, 11) is 0. The topological polar surface area (TPSA) is 151 Å². The summed E-state index contributed by atoms with van der Waals surface area (Å²) < 4.78 is 12.2. The van der Waals surface area contributed by atoms with Crippen LogP contribution in [0, 0.1) is 11.3 Å². The number of nitrogens with one attached hydrogen (secondary N) is 1. The van der Waals surface area contributed by atoms with Crippen LogP contribution in [-0.2, 0) is 19.1 Å². The highest BCUT2D eigenvalue weighted by molar-refractivity contribution is 8.19. The van der Waals surface area contributed by atoms with Crippen molar-refractivity contribution < 1.29 is 23.9 Å². The number of nitrogens with zero attached hydrogens (tertiary/aromatic N) is 6. The summed E-state index contributed by atoms with van der Waals surface area (Å²) in [6, 6.07) is 29.2. The molecule has 3 aromatic carbocycles. The predicted molar refractivity (Wildman–Crippen MR) is 179 cm³/mol. The fourth-order valence-electron chi connectivity index (χ4n) is 4.59. The largest absolute Gasteiger partial charge is 0.462 e. The number of thioether (sulfide) groups is 1. The summed E-state index contributed by atoms with van der Waals surface area (Å²) in [5, 5.41) is 24.8. The predicted octanol–water partition coefficient (Wildman–Crippen LogP) is 5.42. The molecule has 12 nitrogen and oxygen atoms in total. The van der Waals surface area contributed by atoms with Crippen molar-refractivity contribution in [2.75, 3.05) is 18.2 Å². The Morgan fingerprint density at radius 3 is 2.04 bits per heavy atom. The Bertz CT molecular complexity index is 1930. The molecule has 0 fully saturated rings. The number of hydrazone groups is 2. The van der Waals surface area contributed by atoms with Gasteiger partial charge in [-0.2, -0.15) is 20.6 Å². The van der Waals surface area contributed by atoms with Crippen LogP contribution in [0.2, 0.25) is 0 Å². The number of anilines is 1. The molecule has 1 amide bonds. The van der Waals surface area contributed by atoms with Crippen molar-refractivity contribution in [2.24, 2.45) is 10.2 Å². The van der Waals surface area contributed by atoms with Gasteiger partial charge in [-0.3, -0.25) is 4.79 Å². The fourth-order valence-corrected chi connectivity index (χ4v) is 5.51. The Morgan fingerprint density at radius 2 is 1.45 bits per heavy atom.